The number of aliphatic carboxylic acids is 1. The summed E-state index contributed by atoms with van der Waals surface area (Å²) >= 11 is 0. The van der Waals surface area contributed by atoms with Crippen molar-refractivity contribution in [2.75, 3.05) is 79.0 Å². The number of carbonyl (C=O) groups is 6. The van der Waals surface area contributed by atoms with Gasteiger partial charge in [0.2, 0.25) is 23.6 Å². The second-order valence-electron chi connectivity index (χ2n) is 16.7. The van der Waals surface area contributed by atoms with Crippen LogP contribution in [0.4, 0.5) is 0 Å². The Hall–Kier alpha value is -3.09. The molecule has 1 fully saturated rings. The summed E-state index contributed by atoms with van der Waals surface area (Å²) in [7, 11) is 7.11. The van der Waals surface area contributed by atoms with Crippen molar-refractivity contribution in [3.8, 4) is 0 Å². The molecule has 0 bridgehead atoms. The summed E-state index contributed by atoms with van der Waals surface area (Å²) in [6, 6.07) is 0.122. The number of carbonyl (C=O) groups excluding carboxylic acids is 5. The van der Waals surface area contributed by atoms with Crippen LogP contribution < -0.4 is 31.7 Å². The highest BCUT2D eigenvalue weighted by Crippen LogP contribution is 2.44. The Morgan fingerprint density at radius 2 is 1.19 bits per heavy atom. The van der Waals surface area contributed by atoms with Gasteiger partial charge in [0.05, 0.1) is 51.2 Å². The number of unbranched alkanes of at least 4 members (excludes halogenated alkanes) is 3. The zero-order valence-corrected chi connectivity index (χ0v) is 38.6. The molecule has 2 unspecified atom stereocenters. The molecule has 4 amide bonds. The molecule has 0 aliphatic heterocycles. The molecule has 1 aliphatic carbocycles. The molecular weight excluding hydrogens is 810 g/mol. The van der Waals surface area contributed by atoms with E-state index < -0.39 is 11.4 Å². The molecule has 63 heavy (non-hydrogen) atoms. The Bertz CT molecular complexity index is 1240. The molecule has 0 aromatic heterocycles. The molecule has 0 aromatic rings. The van der Waals surface area contributed by atoms with Crippen molar-refractivity contribution in [3.05, 3.63) is 0 Å². The third kappa shape index (κ3) is 31.4. The quantitative estimate of drug-likeness (QED) is 0.0269. The topological polar surface area (TPSA) is 232 Å². The minimum atomic E-state index is -0.788. The van der Waals surface area contributed by atoms with Crippen LogP contribution >= 0.6 is 0 Å². The normalized spacial score (nSPS) is 18.0. The molecule has 1 aliphatic rings. The van der Waals surface area contributed by atoms with E-state index in [1.807, 2.05) is 13.8 Å². The lowest BCUT2D eigenvalue weighted by atomic mass is 9.64. The summed E-state index contributed by atoms with van der Waals surface area (Å²) < 4.78 is 21.5. The first-order valence-electron chi connectivity index (χ1n) is 23.6. The van der Waals surface area contributed by atoms with Gasteiger partial charge in [0.15, 0.2) is 7.98 Å². The van der Waals surface area contributed by atoms with Gasteiger partial charge in [-0.05, 0) is 69.4 Å². The number of carboxylic acids is 1. The Labute approximate surface area is 379 Å². The first-order valence-corrected chi connectivity index (χ1v) is 23.6. The maximum atomic E-state index is 12.9. The third-order valence-corrected chi connectivity index (χ3v) is 11.4. The monoisotopic (exact) mass is 892 g/mol. The van der Waals surface area contributed by atoms with Crippen LogP contribution in [-0.2, 0) is 47.7 Å². The summed E-state index contributed by atoms with van der Waals surface area (Å²) in [5, 5.41) is 27.5. The fourth-order valence-electron chi connectivity index (χ4n) is 7.85. The second kappa shape index (κ2) is 39.3. The summed E-state index contributed by atoms with van der Waals surface area (Å²) in [5.74, 6) is -1.25. The van der Waals surface area contributed by atoms with Crippen molar-refractivity contribution < 1.29 is 52.8 Å². The van der Waals surface area contributed by atoms with Gasteiger partial charge in [0.1, 0.15) is 13.2 Å². The number of carboxylic acid groups (broad SMARTS) is 1. The largest absolute Gasteiger partial charge is 0.481 e. The minimum Gasteiger partial charge on any atom is -0.481 e. The number of hydrogen-bond acceptors (Lipinski definition) is 12. The highest BCUT2D eigenvalue weighted by atomic mass is 16.5. The van der Waals surface area contributed by atoms with E-state index >= 15 is 0 Å². The van der Waals surface area contributed by atoms with Gasteiger partial charge < -0.3 is 60.6 Å². The molecule has 3 radical (unpaired) electrons. The van der Waals surface area contributed by atoms with Crippen LogP contribution in [0.25, 0.3) is 0 Å². The molecule has 1 saturated carbocycles. The van der Waals surface area contributed by atoms with Crippen molar-refractivity contribution >= 4 is 51.2 Å². The summed E-state index contributed by atoms with van der Waals surface area (Å²) in [6.07, 6.45) is 17.8. The Kier molecular flexibility index (Phi) is 36.1. The summed E-state index contributed by atoms with van der Waals surface area (Å²) in [5.41, 5.74) is -0.788. The smallest absolute Gasteiger partial charge is 0.309 e. The molecule has 0 aromatic carbocycles. The Balaban J connectivity index is 2.01. The number of hydrogen-bond donors (Lipinski definition) is 7. The van der Waals surface area contributed by atoms with Crippen molar-refractivity contribution in [1.29, 1.82) is 0 Å². The number of ether oxygens (including phenoxy) is 4. The zero-order chi connectivity index (χ0) is 46.2. The SMILES string of the molecule is [B]N[C@H](C)CC1(C(=O)O)CCCCCCCCCC1CCCCCC(=O)NCCCC(=O)NCCOCCOCC(=O)NCCOCCOCC(=O)NCCCC[C@@H](C)N[B]C=O. The van der Waals surface area contributed by atoms with Crippen LogP contribution in [0.15, 0.2) is 0 Å². The van der Waals surface area contributed by atoms with Crippen molar-refractivity contribution in [1.82, 2.24) is 31.7 Å². The summed E-state index contributed by atoms with van der Waals surface area (Å²) in [4.78, 5) is 71.6. The van der Waals surface area contributed by atoms with Gasteiger partial charge in [-0.25, -0.2) is 0 Å². The van der Waals surface area contributed by atoms with Gasteiger partial charge in [-0.3, -0.25) is 24.0 Å². The molecule has 17 nitrogen and oxygen atoms in total. The van der Waals surface area contributed by atoms with Crippen LogP contribution in [0.2, 0.25) is 0 Å². The molecule has 1 rings (SSSR count). The second-order valence-corrected chi connectivity index (χ2v) is 16.7. The fraction of sp³-hybridized carbons (Fsp3) is 0.864. The standard InChI is InChI=1S/C44H81B2N6O11/c1-36(52-46-35-53)16-12-14-22-48-41(56)33-62-30-29-61-27-25-50-42(57)34-63-31-28-60-26-24-49-40(55)20-15-23-47-39(54)19-11-8-10-18-38-17-9-6-4-3-5-7-13-21-44(38,43(58)59)32-37(2)51-45/h35-38,51-52H,3-34H2,1-2H3,(H,47,54)(H,48,56)(H,49,55)(H,50,57)(H,58,59)/t36-,37-,38?,44?/m1/s1. The molecule has 7 N–H and O–H groups in total. The summed E-state index contributed by atoms with van der Waals surface area (Å²) in [6.45, 7) is 7.03. The van der Waals surface area contributed by atoms with Gasteiger partial charge >= 0.3 is 5.97 Å². The number of rotatable bonds is 38. The maximum absolute atomic E-state index is 12.9. The van der Waals surface area contributed by atoms with E-state index in [1.165, 1.54) is 20.3 Å². The first kappa shape index (κ1) is 57.9. The van der Waals surface area contributed by atoms with E-state index in [2.05, 4.69) is 31.7 Å². The zero-order valence-electron chi connectivity index (χ0n) is 38.6. The van der Waals surface area contributed by atoms with Crippen molar-refractivity contribution in [2.24, 2.45) is 11.3 Å². The molecule has 0 spiro atoms. The highest BCUT2D eigenvalue weighted by Gasteiger charge is 2.45. The van der Waals surface area contributed by atoms with E-state index in [1.54, 1.807) is 0 Å². The van der Waals surface area contributed by atoms with Crippen LogP contribution in [0.5, 0.6) is 0 Å². The van der Waals surface area contributed by atoms with Gasteiger partial charge in [0.25, 0.3) is 7.41 Å². The number of amides is 4. The van der Waals surface area contributed by atoms with Gasteiger partial charge in [-0.15, -0.1) is 0 Å². The average molecular weight is 892 g/mol. The van der Waals surface area contributed by atoms with Crippen molar-refractivity contribution in [3.63, 3.8) is 0 Å². The lowest BCUT2D eigenvalue weighted by Gasteiger charge is -2.40. The lowest BCUT2D eigenvalue weighted by Crippen LogP contribution is -2.44. The van der Waals surface area contributed by atoms with E-state index in [4.69, 9.17) is 26.9 Å². The van der Waals surface area contributed by atoms with Crippen LogP contribution in [0.1, 0.15) is 142 Å². The molecule has 0 heterocycles. The van der Waals surface area contributed by atoms with Gasteiger partial charge in [-0.1, -0.05) is 78.1 Å². The van der Waals surface area contributed by atoms with Crippen molar-refractivity contribution in [2.45, 2.75) is 154 Å². The molecule has 19 heteroatoms. The molecule has 0 saturated heterocycles. The fourth-order valence-corrected chi connectivity index (χ4v) is 7.85. The van der Waals surface area contributed by atoms with Gasteiger partial charge in [0, 0.05) is 39.0 Å². The van der Waals surface area contributed by atoms with Crippen LogP contribution in [-0.4, -0.2) is 147 Å². The van der Waals surface area contributed by atoms with E-state index in [9.17, 15) is 33.9 Å². The van der Waals surface area contributed by atoms with Gasteiger partial charge in [-0.2, -0.15) is 0 Å². The predicted molar refractivity (Wildman–Crippen MR) is 245 cm³/mol. The Morgan fingerprint density at radius 1 is 0.651 bits per heavy atom. The molecular formula is C44H81B2N6O11. The van der Waals surface area contributed by atoms with E-state index in [-0.39, 0.29) is 87.7 Å². The highest BCUT2D eigenvalue weighted by molar-refractivity contribution is 6.64. The number of nitrogens with one attached hydrogen (secondary N) is 6. The first-order chi connectivity index (χ1) is 30.5. The Morgan fingerprint density at radius 3 is 1.81 bits per heavy atom. The van der Waals surface area contributed by atoms with E-state index in [0.29, 0.717) is 71.3 Å². The minimum absolute atomic E-state index is 0.0390. The lowest BCUT2D eigenvalue weighted by molar-refractivity contribution is -0.155. The third-order valence-electron chi connectivity index (χ3n) is 11.4. The van der Waals surface area contributed by atoms with Crippen LogP contribution in [0.3, 0.4) is 0 Å². The van der Waals surface area contributed by atoms with E-state index in [0.717, 1.165) is 83.5 Å². The molecule has 359 valence electrons. The molecule has 4 atom stereocenters. The average Bonchev–Trinajstić information content (AvgIpc) is 3.30. The van der Waals surface area contributed by atoms with Crippen LogP contribution in [0, 0.1) is 11.3 Å². The maximum Gasteiger partial charge on any atom is 0.309 e. The predicted octanol–water partition coefficient (Wildman–Crippen LogP) is 2.87.